The molecule has 0 amide bonds. The topological polar surface area (TPSA) is 39.7 Å². The van der Waals surface area contributed by atoms with Gasteiger partial charge in [-0.1, -0.05) is 18.2 Å². The SMILES string of the molecule is CN=C(NCc1cccs1)NC1CCN(c2ccccc2Br)C1. The van der Waals surface area contributed by atoms with Crippen LogP contribution < -0.4 is 15.5 Å². The molecular weight excluding hydrogens is 372 g/mol. The van der Waals surface area contributed by atoms with Crippen LogP contribution in [0.3, 0.4) is 0 Å². The Kier molecular flexibility index (Phi) is 5.56. The van der Waals surface area contributed by atoms with Crippen molar-refractivity contribution in [2.24, 2.45) is 4.99 Å². The van der Waals surface area contributed by atoms with E-state index < -0.39 is 0 Å². The predicted octanol–water partition coefficient (Wildman–Crippen LogP) is 3.45. The van der Waals surface area contributed by atoms with Crippen molar-refractivity contribution < 1.29 is 0 Å². The molecule has 0 radical (unpaired) electrons. The smallest absolute Gasteiger partial charge is 0.191 e. The fraction of sp³-hybridized carbons (Fsp3) is 0.353. The van der Waals surface area contributed by atoms with E-state index in [0.717, 1.165) is 36.5 Å². The van der Waals surface area contributed by atoms with Crippen LogP contribution in [0.5, 0.6) is 0 Å². The second-order valence-electron chi connectivity index (χ2n) is 5.53. The summed E-state index contributed by atoms with van der Waals surface area (Å²) in [6.07, 6.45) is 1.11. The number of guanidine groups is 1. The molecule has 23 heavy (non-hydrogen) atoms. The van der Waals surface area contributed by atoms with E-state index in [9.17, 15) is 0 Å². The van der Waals surface area contributed by atoms with Crippen LogP contribution in [0.25, 0.3) is 0 Å². The number of hydrogen-bond donors (Lipinski definition) is 2. The molecule has 1 aliphatic heterocycles. The van der Waals surface area contributed by atoms with Crippen LogP contribution in [-0.2, 0) is 6.54 Å². The summed E-state index contributed by atoms with van der Waals surface area (Å²) in [6.45, 7) is 2.86. The Morgan fingerprint density at radius 3 is 2.96 bits per heavy atom. The highest BCUT2D eigenvalue weighted by Crippen LogP contribution is 2.28. The highest BCUT2D eigenvalue weighted by Gasteiger charge is 2.24. The average molecular weight is 393 g/mol. The number of para-hydroxylation sites is 1. The summed E-state index contributed by atoms with van der Waals surface area (Å²) >= 11 is 5.40. The Hall–Kier alpha value is -1.53. The van der Waals surface area contributed by atoms with Crippen molar-refractivity contribution in [2.45, 2.75) is 19.0 Å². The van der Waals surface area contributed by atoms with E-state index in [1.54, 1.807) is 11.3 Å². The van der Waals surface area contributed by atoms with E-state index >= 15 is 0 Å². The molecule has 0 spiro atoms. The summed E-state index contributed by atoms with van der Waals surface area (Å²) in [6, 6.07) is 13.0. The first kappa shape index (κ1) is 16.3. The van der Waals surface area contributed by atoms with Crippen LogP contribution in [0.15, 0.2) is 51.2 Å². The van der Waals surface area contributed by atoms with Crippen LogP contribution in [0, 0.1) is 0 Å². The number of benzene rings is 1. The lowest BCUT2D eigenvalue weighted by Crippen LogP contribution is -2.44. The molecule has 1 aliphatic rings. The fourth-order valence-corrected chi connectivity index (χ4v) is 3.96. The summed E-state index contributed by atoms with van der Waals surface area (Å²) in [5.74, 6) is 0.873. The van der Waals surface area contributed by atoms with E-state index in [1.165, 1.54) is 10.6 Å². The van der Waals surface area contributed by atoms with Gasteiger partial charge in [-0.2, -0.15) is 0 Å². The number of hydrogen-bond acceptors (Lipinski definition) is 3. The van der Waals surface area contributed by atoms with Gasteiger partial charge in [-0.05, 0) is 45.9 Å². The number of nitrogens with one attached hydrogen (secondary N) is 2. The molecule has 1 saturated heterocycles. The Morgan fingerprint density at radius 2 is 2.22 bits per heavy atom. The first-order chi connectivity index (χ1) is 11.3. The number of rotatable bonds is 4. The minimum atomic E-state index is 0.414. The molecule has 1 aromatic heterocycles. The third-order valence-electron chi connectivity index (χ3n) is 3.96. The average Bonchev–Trinajstić information content (AvgIpc) is 3.23. The summed E-state index contributed by atoms with van der Waals surface area (Å²) < 4.78 is 1.15. The number of anilines is 1. The fourth-order valence-electron chi connectivity index (χ4n) is 2.78. The number of thiophene rings is 1. The second-order valence-corrected chi connectivity index (χ2v) is 7.42. The van der Waals surface area contributed by atoms with Crippen LogP contribution in [0.2, 0.25) is 0 Å². The van der Waals surface area contributed by atoms with Crippen LogP contribution in [0.4, 0.5) is 5.69 Å². The molecule has 0 aliphatic carbocycles. The Balaban J connectivity index is 1.53. The van der Waals surface area contributed by atoms with E-state index in [-0.39, 0.29) is 0 Å². The monoisotopic (exact) mass is 392 g/mol. The molecule has 1 aromatic carbocycles. The van der Waals surface area contributed by atoms with Crippen LogP contribution >= 0.6 is 27.3 Å². The van der Waals surface area contributed by atoms with Gasteiger partial charge in [0.25, 0.3) is 0 Å². The first-order valence-corrected chi connectivity index (χ1v) is 9.42. The van der Waals surface area contributed by atoms with Gasteiger partial charge in [0.05, 0.1) is 12.2 Å². The zero-order valence-electron chi connectivity index (χ0n) is 13.1. The molecule has 4 nitrogen and oxygen atoms in total. The lowest BCUT2D eigenvalue weighted by atomic mass is 10.3. The minimum absolute atomic E-state index is 0.414. The Labute approximate surface area is 149 Å². The van der Waals surface area contributed by atoms with Crippen LogP contribution in [-0.4, -0.2) is 32.1 Å². The summed E-state index contributed by atoms with van der Waals surface area (Å²) in [5, 5.41) is 9.02. The lowest BCUT2D eigenvalue weighted by Gasteiger charge is -2.21. The van der Waals surface area contributed by atoms with Crippen molar-refractivity contribution in [3.05, 3.63) is 51.1 Å². The van der Waals surface area contributed by atoms with Gasteiger partial charge in [-0.15, -0.1) is 11.3 Å². The van der Waals surface area contributed by atoms with Gasteiger partial charge in [-0.3, -0.25) is 4.99 Å². The van der Waals surface area contributed by atoms with Crippen molar-refractivity contribution in [3.63, 3.8) is 0 Å². The quantitative estimate of drug-likeness (QED) is 0.618. The highest BCUT2D eigenvalue weighted by atomic mass is 79.9. The number of halogens is 1. The largest absolute Gasteiger partial charge is 0.368 e. The molecule has 2 heterocycles. The van der Waals surface area contributed by atoms with Crippen molar-refractivity contribution in [2.75, 3.05) is 25.0 Å². The minimum Gasteiger partial charge on any atom is -0.368 e. The maximum absolute atomic E-state index is 4.34. The third kappa shape index (κ3) is 4.26. The van der Waals surface area contributed by atoms with Gasteiger partial charge >= 0.3 is 0 Å². The van der Waals surface area contributed by atoms with E-state index in [2.05, 4.69) is 78.2 Å². The lowest BCUT2D eigenvalue weighted by molar-refractivity contribution is 0.649. The van der Waals surface area contributed by atoms with Crippen molar-refractivity contribution in [3.8, 4) is 0 Å². The maximum atomic E-state index is 4.34. The van der Waals surface area contributed by atoms with Crippen LogP contribution in [0.1, 0.15) is 11.3 Å². The molecule has 2 N–H and O–H groups in total. The maximum Gasteiger partial charge on any atom is 0.191 e. The second kappa shape index (κ2) is 7.84. The molecule has 122 valence electrons. The molecule has 2 aromatic rings. The molecule has 3 rings (SSSR count). The van der Waals surface area contributed by atoms with Crippen molar-refractivity contribution in [1.82, 2.24) is 10.6 Å². The van der Waals surface area contributed by atoms with Gasteiger partial charge in [-0.25, -0.2) is 0 Å². The van der Waals surface area contributed by atoms with Gasteiger partial charge in [0.15, 0.2) is 5.96 Å². The summed E-state index contributed by atoms with van der Waals surface area (Å²) in [5.41, 5.74) is 1.26. The number of aliphatic imine (C=N–C) groups is 1. The van der Waals surface area contributed by atoms with E-state index in [4.69, 9.17) is 0 Å². The van der Waals surface area contributed by atoms with E-state index in [1.807, 2.05) is 7.05 Å². The molecule has 1 fully saturated rings. The zero-order chi connectivity index (χ0) is 16.1. The molecule has 0 saturated carbocycles. The van der Waals surface area contributed by atoms with Crippen molar-refractivity contribution in [1.29, 1.82) is 0 Å². The molecule has 1 atom stereocenters. The van der Waals surface area contributed by atoms with Crippen molar-refractivity contribution >= 4 is 38.9 Å². The van der Waals surface area contributed by atoms with E-state index in [0.29, 0.717) is 6.04 Å². The molecule has 6 heteroatoms. The Bertz CT molecular complexity index is 656. The normalized spacial score (nSPS) is 18.3. The molecular formula is C17H21BrN4S. The molecule has 1 unspecified atom stereocenters. The predicted molar refractivity (Wildman–Crippen MR) is 102 cm³/mol. The highest BCUT2D eigenvalue weighted by molar-refractivity contribution is 9.10. The third-order valence-corrected chi connectivity index (χ3v) is 5.50. The number of nitrogens with zero attached hydrogens (tertiary/aromatic N) is 2. The first-order valence-electron chi connectivity index (χ1n) is 7.75. The van der Waals surface area contributed by atoms with Gasteiger partial charge in [0.2, 0.25) is 0 Å². The van der Waals surface area contributed by atoms with Gasteiger partial charge in [0, 0.05) is 35.5 Å². The molecule has 0 bridgehead atoms. The summed E-state index contributed by atoms with van der Waals surface area (Å²) in [4.78, 5) is 8.06. The Morgan fingerprint density at radius 1 is 1.35 bits per heavy atom. The van der Waals surface area contributed by atoms with Gasteiger partial charge in [0.1, 0.15) is 0 Å². The zero-order valence-corrected chi connectivity index (χ0v) is 15.5. The summed E-state index contributed by atoms with van der Waals surface area (Å²) in [7, 11) is 1.82. The standard InChI is InChI=1S/C17H21BrN4S/c1-19-17(20-11-14-5-4-10-23-14)21-13-8-9-22(12-13)16-7-3-2-6-15(16)18/h2-7,10,13H,8-9,11-12H2,1H3,(H2,19,20,21). The van der Waals surface area contributed by atoms with Gasteiger partial charge < -0.3 is 15.5 Å².